The fraction of sp³-hybridized carbons (Fsp3) is 0.467. The van der Waals surface area contributed by atoms with Gasteiger partial charge >= 0.3 is 0 Å². The van der Waals surface area contributed by atoms with E-state index in [1.54, 1.807) is 23.7 Å². The first-order valence-corrected chi connectivity index (χ1v) is 7.29. The number of aliphatic hydroxyl groups is 1. The van der Waals surface area contributed by atoms with Crippen LogP contribution in [0.1, 0.15) is 48.7 Å². The van der Waals surface area contributed by atoms with Gasteiger partial charge in [0.25, 0.3) is 0 Å². The van der Waals surface area contributed by atoms with Crippen LogP contribution in [0.2, 0.25) is 0 Å². The van der Waals surface area contributed by atoms with Gasteiger partial charge in [0.05, 0.1) is 16.8 Å². The third-order valence-electron chi connectivity index (χ3n) is 3.11. The number of aromatic nitrogens is 2. The zero-order chi connectivity index (χ0) is 14.0. The molecule has 0 fully saturated rings. The number of thiazole rings is 1. The molecule has 0 amide bonds. The highest BCUT2D eigenvalue weighted by atomic mass is 32.1. The maximum atomic E-state index is 10.3. The lowest BCUT2D eigenvalue weighted by Crippen LogP contribution is -2.12. The molecular formula is C15H20N2OS. The topological polar surface area (TPSA) is 46.0 Å². The van der Waals surface area contributed by atoms with Crippen molar-refractivity contribution in [2.75, 3.05) is 0 Å². The zero-order valence-electron chi connectivity index (χ0n) is 11.8. The summed E-state index contributed by atoms with van der Waals surface area (Å²) >= 11 is 1.62. The number of hydrogen-bond acceptors (Lipinski definition) is 4. The molecule has 0 radical (unpaired) electrons. The van der Waals surface area contributed by atoms with Crippen molar-refractivity contribution in [3.8, 4) is 0 Å². The van der Waals surface area contributed by atoms with Crippen molar-refractivity contribution in [1.29, 1.82) is 0 Å². The minimum Gasteiger partial charge on any atom is -0.388 e. The summed E-state index contributed by atoms with van der Waals surface area (Å²) in [4.78, 5) is 8.67. The molecule has 0 aliphatic heterocycles. The van der Waals surface area contributed by atoms with E-state index >= 15 is 0 Å². The predicted molar refractivity (Wildman–Crippen MR) is 78.5 cm³/mol. The number of aryl methyl sites for hydroxylation is 1. The minimum atomic E-state index is -0.512. The van der Waals surface area contributed by atoms with Crippen molar-refractivity contribution in [2.45, 2.75) is 45.6 Å². The molecule has 19 heavy (non-hydrogen) atoms. The first kappa shape index (κ1) is 14.2. The molecule has 0 saturated carbocycles. The molecule has 4 heteroatoms. The van der Waals surface area contributed by atoms with Gasteiger partial charge in [-0.2, -0.15) is 0 Å². The van der Waals surface area contributed by atoms with Gasteiger partial charge in [0, 0.05) is 29.6 Å². The minimum absolute atomic E-state index is 0.0618. The maximum Gasteiger partial charge on any atom is 0.0957 e. The Morgan fingerprint density at radius 1 is 1.37 bits per heavy atom. The predicted octanol–water partition coefficient (Wildman–Crippen LogP) is 3.42. The van der Waals surface area contributed by atoms with E-state index in [1.807, 2.05) is 13.0 Å². The monoisotopic (exact) mass is 276 g/mol. The highest BCUT2D eigenvalue weighted by Gasteiger charge is 2.19. The molecule has 0 bridgehead atoms. The summed E-state index contributed by atoms with van der Waals surface area (Å²) in [7, 11) is 0. The van der Waals surface area contributed by atoms with Gasteiger partial charge in [-0.05, 0) is 24.1 Å². The third kappa shape index (κ3) is 3.39. The molecule has 2 aromatic heterocycles. The highest BCUT2D eigenvalue weighted by Crippen LogP contribution is 2.27. The molecule has 2 aromatic rings. The van der Waals surface area contributed by atoms with Crippen LogP contribution < -0.4 is 0 Å². The summed E-state index contributed by atoms with van der Waals surface area (Å²) in [6.07, 6.45) is 3.54. The van der Waals surface area contributed by atoms with Crippen molar-refractivity contribution in [3.05, 3.63) is 45.7 Å². The van der Waals surface area contributed by atoms with Crippen LogP contribution in [0, 0.1) is 6.92 Å². The highest BCUT2D eigenvalue weighted by molar-refractivity contribution is 7.09. The number of hydrogen-bond donors (Lipinski definition) is 1. The lowest BCUT2D eigenvalue weighted by atomic mass is 9.93. The van der Waals surface area contributed by atoms with E-state index in [1.165, 1.54) is 0 Å². The molecule has 0 aliphatic carbocycles. The second kappa shape index (κ2) is 5.39. The van der Waals surface area contributed by atoms with Gasteiger partial charge < -0.3 is 5.11 Å². The summed E-state index contributed by atoms with van der Waals surface area (Å²) in [6.45, 7) is 8.41. The molecule has 0 spiro atoms. The van der Waals surface area contributed by atoms with Crippen molar-refractivity contribution in [1.82, 2.24) is 9.97 Å². The Labute approximate surface area is 118 Å². The van der Waals surface area contributed by atoms with Gasteiger partial charge in [0.15, 0.2) is 0 Å². The zero-order valence-corrected chi connectivity index (χ0v) is 12.7. The van der Waals surface area contributed by atoms with Gasteiger partial charge in [-0.3, -0.25) is 4.98 Å². The van der Waals surface area contributed by atoms with E-state index in [0.29, 0.717) is 6.42 Å². The van der Waals surface area contributed by atoms with Gasteiger partial charge in [-0.25, -0.2) is 4.98 Å². The average molecular weight is 276 g/mol. The van der Waals surface area contributed by atoms with Crippen LogP contribution in [0.15, 0.2) is 23.8 Å². The van der Waals surface area contributed by atoms with E-state index in [2.05, 4.69) is 36.1 Å². The van der Waals surface area contributed by atoms with E-state index in [0.717, 1.165) is 21.8 Å². The molecule has 3 nitrogen and oxygen atoms in total. The first-order valence-electron chi connectivity index (χ1n) is 6.41. The van der Waals surface area contributed by atoms with E-state index in [-0.39, 0.29) is 5.41 Å². The fourth-order valence-electron chi connectivity index (χ4n) is 1.88. The quantitative estimate of drug-likeness (QED) is 0.934. The summed E-state index contributed by atoms with van der Waals surface area (Å²) in [5.74, 6) is 0. The summed E-state index contributed by atoms with van der Waals surface area (Å²) in [5.41, 5.74) is 3.10. The largest absolute Gasteiger partial charge is 0.388 e. The second-order valence-electron chi connectivity index (χ2n) is 5.83. The number of rotatable bonds is 3. The van der Waals surface area contributed by atoms with Gasteiger partial charge in [0.1, 0.15) is 0 Å². The van der Waals surface area contributed by atoms with Crippen molar-refractivity contribution in [2.24, 2.45) is 0 Å². The number of aliphatic hydroxyl groups excluding tert-OH is 1. The third-order valence-corrected chi connectivity index (χ3v) is 3.98. The van der Waals surface area contributed by atoms with Crippen molar-refractivity contribution >= 4 is 11.3 Å². The van der Waals surface area contributed by atoms with Crippen LogP contribution >= 0.6 is 11.3 Å². The summed E-state index contributed by atoms with van der Waals surface area (Å²) < 4.78 is 0. The average Bonchev–Trinajstić information content (AvgIpc) is 2.77. The number of nitrogens with zero attached hydrogens (tertiary/aromatic N) is 2. The molecule has 102 valence electrons. The van der Waals surface area contributed by atoms with Crippen LogP contribution in [0.4, 0.5) is 0 Å². The van der Waals surface area contributed by atoms with Crippen LogP contribution in [0.25, 0.3) is 0 Å². The van der Waals surface area contributed by atoms with E-state index in [4.69, 9.17) is 0 Å². The second-order valence-corrected chi connectivity index (χ2v) is 6.77. The SMILES string of the molecule is Cc1cnccc1C(O)Cc1nc(C(C)(C)C)cs1. The van der Waals surface area contributed by atoms with Gasteiger partial charge in [-0.1, -0.05) is 20.8 Å². The van der Waals surface area contributed by atoms with Crippen LogP contribution in [0.3, 0.4) is 0 Å². The van der Waals surface area contributed by atoms with Crippen molar-refractivity contribution in [3.63, 3.8) is 0 Å². The lowest BCUT2D eigenvalue weighted by molar-refractivity contribution is 0.177. The van der Waals surface area contributed by atoms with E-state index in [9.17, 15) is 5.11 Å². The fourth-order valence-corrected chi connectivity index (χ4v) is 2.94. The first-order chi connectivity index (χ1) is 8.88. The molecular weight excluding hydrogens is 256 g/mol. The standard InChI is InChI=1S/C15H20N2OS/c1-10-8-16-6-5-11(10)12(18)7-14-17-13(9-19-14)15(2,3)4/h5-6,8-9,12,18H,7H2,1-4H3. The molecule has 2 rings (SSSR count). The Kier molecular flexibility index (Phi) is 4.02. The van der Waals surface area contributed by atoms with E-state index < -0.39 is 6.10 Å². The van der Waals surface area contributed by atoms with Gasteiger partial charge in [0.2, 0.25) is 0 Å². The van der Waals surface area contributed by atoms with Crippen LogP contribution in [-0.2, 0) is 11.8 Å². The summed E-state index contributed by atoms with van der Waals surface area (Å²) in [6, 6.07) is 1.87. The Hall–Kier alpha value is -1.26. The normalized spacial score (nSPS) is 13.5. The molecule has 1 N–H and O–H groups in total. The van der Waals surface area contributed by atoms with Gasteiger partial charge in [-0.15, -0.1) is 11.3 Å². The Balaban J connectivity index is 2.14. The number of pyridine rings is 1. The molecule has 0 aliphatic rings. The Morgan fingerprint density at radius 3 is 2.68 bits per heavy atom. The molecule has 1 unspecified atom stereocenters. The smallest absolute Gasteiger partial charge is 0.0957 e. The molecule has 0 aromatic carbocycles. The van der Waals surface area contributed by atoms with Crippen LogP contribution in [0.5, 0.6) is 0 Å². The molecule has 2 heterocycles. The Bertz CT molecular complexity index is 557. The summed E-state index contributed by atoms with van der Waals surface area (Å²) in [5, 5.41) is 13.4. The Morgan fingerprint density at radius 2 is 2.11 bits per heavy atom. The molecule has 0 saturated heterocycles. The maximum absolute atomic E-state index is 10.3. The molecule has 1 atom stereocenters. The lowest BCUT2D eigenvalue weighted by Gasteiger charge is -2.15. The van der Waals surface area contributed by atoms with Crippen LogP contribution in [-0.4, -0.2) is 15.1 Å². The van der Waals surface area contributed by atoms with Crippen molar-refractivity contribution < 1.29 is 5.11 Å².